The highest BCUT2D eigenvalue weighted by Crippen LogP contribution is 2.17. The van der Waals surface area contributed by atoms with E-state index >= 15 is 0 Å². The van der Waals surface area contributed by atoms with Gasteiger partial charge in [0.15, 0.2) is 0 Å². The van der Waals surface area contributed by atoms with E-state index in [2.05, 4.69) is 6.58 Å². The van der Waals surface area contributed by atoms with E-state index in [1.54, 1.807) is 11.9 Å². The minimum atomic E-state index is -0.0543. The predicted molar refractivity (Wildman–Crippen MR) is 57.8 cm³/mol. The molecule has 0 spiro atoms. The number of carbonyl (C=O) groups excluding carboxylic acids is 1. The average molecular weight is 189 g/mol. The molecule has 0 aromatic heterocycles. The maximum atomic E-state index is 11.3. The summed E-state index contributed by atoms with van der Waals surface area (Å²) in [5, 5.41) is 0. The topological polar surface area (TPSA) is 20.3 Å². The zero-order valence-corrected chi connectivity index (χ0v) is 8.60. The summed E-state index contributed by atoms with van der Waals surface area (Å²) in [5.74, 6) is -0.0543. The van der Waals surface area contributed by atoms with Gasteiger partial charge in [0.05, 0.1) is 6.04 Å². The molecule has 1 atom stereocenters. The van der Waals surface area contributed by atoms with Gasteiger partial charge in [-0.3, -0.25) is 4.79 Å². The predicted octanol–water partition coefficient (Wildman–Crippen LogP) is 2.39. The molecular formula is C12H15NO. The number of carbonyl (C=O) groups is 1. The Hall–Kier alpha value is -1.57. The number of benzene rings is 1. The molecule has 0 aliphatic rings. The Kier molecular flexibility index (Phi) is 3.46. The van der Waals surface area contributed by atoms with Crippen molar-refractivity contribution < 1.29 is 4.79 Å². The number of rotatable bonds is 3. The minimum absolute atomic E-state index is 0.0543. The highest BCUT2D eigenvalue weighted by atomic mass is 16.2. The highest BCUT2D eigenvalue weighted by Gasteiger charge is 2.13. The van der Waals surface area contributed by atoms with Gasteiger partial charge in [-0.25, -0.2) is 0 Å². The van der Waals surface area contributed by atoms with Crippen LogP contribution < -0.4 is 0 Å². The first kappa shape index (κ1) is 10.5. The maximum absolute atomic E-state index is 11.3. The Labute approximate surface area is 84.9 Å². The third kappa shape index (κ3) is 2.22. The van der Waals surface area contributed by atoms with E-state index in [0.717, 1.165) is 5.56 Å². The number of likely N-dealkylation sites (N-methyl/N-ethyl adjacent to an activating group) is 1. The second kappa shape index (κ2) is 4.61. The lowest BCUT2D eigenvalue weighted by atomic mass is 10.1. The van der Waals surface area contributed by atoms with Gasteiger partial charge in [0.25, 0.3) is 0 Å². The van der Waals surface area contributed by atoms with Crippen LogP contribution in [0.1, 0.15) is 18.5 Å². The van der Waals surface area contributed by atoms with Gasteiger partial charge in [-0.2, -0.15) is 0 Å². The fraction of sp³-hybridized carbons (Fsp3) is 0.250. The van der Waals surface area contributed by atoms with E-state index in [9.17, 15) is 4.79 Å². The van der Waals surface area contributed by atoms with E-state index in [1.165, 1.54) is 6.08 Å². The van der Waals surface area contributed by atoms with Crippen molar-refractivity contribution in [1.29, 1.82) is 0 Å². The van der Waals surface area contributed by atoms with Crippen LogP contribution in [0.3, 0.4) is 0 Å². The second-order valence-electron chi connectivity index (χ2n) is 3.24. The lowest BCUT2D eigenvalue weighted by Gasteiger charge is -2.23. The first-order valence-corrected chi connectivity index (χ1v) is 4.61. The molecule has 0 radical (unpaired) electrons. The molecule has 74 valence electrons. The van der Waals surface area contributed by atoms with Crippen LogP contribution in [-0.2, 0) is 4.79 Å². The molecule has 0 fully saturated rings. The molecule has 0 saturated heterocycles. The lowest BCUT2D eigenvalue weighted by molar-refractivity contribution is -0.126. The number of nitrogens with zero attached hydrogens (tertiary/aromatic N) is 1. The highest BCUT2D eigenvalue weighted by molar-refractivity contribution is 5.87. The van der Waals surface area contributed by atoms with Gasteiger partial charge in [-0.05, 0) is 18.6 Å². The third-order valence-electron chi connectivity index (χ3n) is 2.39. The minimum Gasteiger partial charge on any atom is -0.335 e. The second-order valence-corrected chi connectivity index (χ2v) is 3.24. The molecule has 1 aromatic rings. The van der Waals surface area contributed by atoms with Crippen molar-refractivity contribution in [2.24, 2.45) is 0 Å². The smallest absolute Gasteiger partial charge is 0.246 e. The van der Waals surface area contributed by atoms with Crippen LogP contribution in [0.15, 0.2) is 43.0 Å². The van der Waals surface area contributed by atoms with Gasteiger partial charge >= 0.3 is 0 Å². The summed E-state index contributed by atoms with van der Waals surface area (Å²) in [4.78, 5) is 13.0. The monoisotopic (exact) mass is 189 g/mol. The van der Waals surface area contributed by atoms with Gasteiger partial charge in [-0.15, -0.1) is 0 Å². The van der Waals surface area contributed by atoms with E-state index in [1.807, 2.05) is 37.3 Å². The lowest BCUT2D eigenvalue weighted by Crippen LogP contribution is -2.27. The van der Waals surface area contributed by atoms with Crippen molar-refractivity contribution in [3.63, 3.8) is 0 Å². The Morgan fingerprint density at radius 3 is 2.50 bits per heavy atom. The van der Waals surface area contributed by atoms with Crippen LogP contribution in [-0.4, -0.2) is 17.9 Å². The Bertz CT molecular complexity index is 318. The molecule has 1 aromatic carbocycles. The summed E-state index contributed by atoms with van der Waals surface area (Å²) < 4.78 is 0. The normalized spacial score (nSPS) is 11.9. The summed E-state index contributed by atoms with van der Waals surface area (Å²) in [6.45, 7) is 5.46. The van der Waals surface area contributed by atoms with Crippen molar-refractivity contribution in [3.05, 3.63) is 48.6 Å². The first-order chi connectivity index (χ1) is 6.66. The SMILES string of the molecule is C=CC(=O)N(C)[C@H](C)c1ccccc1. The van der Waals surface area contributed by atoms with Crippen molar-refractivity contribution >= 4 is 5.91 Å². The summed E-state index contributed by atoms with van der Waals surface area (Å²) in [6.07, 6.45) is 1.33. The van der Waals surface area contributed by atoms with Crippen LogP contribution >= 0.6 is 0 Å². The molecule has 2 heteroatoms. The zero-order valence-electron chi connectivity index (χ0n) is 8.60. The largest absolute Gasteiger partial charge is 0.335 e. The Morgan fingerprint density at radius 1 is 1.43 bits per heavy atom. The molecule has 0 aliphatic heterocycles. The first-order valence-electron chi connectivity index (χ1n) is 4.61. The van der Waals surface area contributed by atoms with Gasteiger partial charge in [0, 0.05) is 7.05 Å². The van der Waals surface area contributed by atoms with Crippen LogP contribution in [0, 0.1) is 0 Å². The molecule has 0 saturated carbocycles. The van der Waals surface area contributed by atoms with Crippen LogP contribution in [0.2, 0.25) is 0 Å². The van der Waals surface area contributed by atoms with Crippen LogP contribution in [0.4, 0.5) is 0 Å². The summed E-state index contributed by atoms with van der Waals surface area (Å²) >= 11 is 0. The van der Waals surface area contributed by atoms with E-state index in [0.29, 0.717) is 0 Å². The summed E-state index contributed by atoms with van der Waals surface area (Å²) in [7, 11) is 1.78. The average Bonchev–Trinajstić information content (AvgIpc) is 2.27. The maximum Gasteiger partial charge on any atom is 0.246 e. The third-order valence-corrected chi connectivity index (χ3v) is 2.39. The Balaban J connectivity index is 2.80. The van der Waals surface area contributed by atoms with Gasteiger partial charge in [-0.1, -0.05) is 36.9 Å². The molecule has 0 unspecified atom stereocenters. The Morgan fingerprint density at radius 2 is 2.00 bits per heavy atom. The molecule has 14 heavy (non-hydrogen) atoms. The summed E-state index contributed by atoms with van der Waals surface area (Å²) in [5.41, 5.74) is 1.13. The van der Waals surface area contributed by atoms with Crippen molar-refractivity contribution in [2.45, 2.75) is 13.0 Å². The van der Waals surface area contributed by atoms with Gasteiger partial charge < -0.3 is 4.90 Å². The van der Waals surface area contributed by atoms with Gasteiger partial charge in [0.2, 0.25) is 5.91 Å². The number of amides is 1. The van der Waals surface area contributed by atoms with Crippen molar-refractivity contribution in [2.75, 3.05) is 7.05 Å². The molecule has 0 bridgehead atoms. The molecule has 2 nitrogen and oxygen atoms in total. The molecule has 1 amide bonds. The van der Waals surface area contributed by atoms with E-state index in [4.69, 9.17) is 0 Å². The van der Waals surface area contributed by atoms with E-state index < -0.39 is 0 Å². The van der Waals surface area contributed by atoms with Crippen molar-refractivity contribution in [3.8, 4) is 0 Å². The molecular weight excluding hydrogens is 174 g/mol. The van der Waals surface area contributed by atoms with Gasteiger partial charge in [0.1, 0.15) is 0 Å². The molecule has 0 N–H and O–H groups in total. The molecule has 1 rings (SSSR count). The molecule has 0 aliphatic carbocycles. The fourth-order valence-corrected chi connectivity index (χ4v) is 1.29. The van der Waals surface area contributed by atoms with Crippen molar-refractivity contribution in [1.82, 2.24) is 4.90 Å². The number of hydrogen-bond donors (Lipinski definition) is 0. The van der Waals surface area contributed by atoms with Crippen LogP contribution in [0.5, 0.6) is 0 Å². The summed E-state index contributed by atoms with van der Waals surface area (Å²) in [6, 6.07) is 10.0. The zero-order chi connectivity index (χ0) is 10.6. The standard InChI is InChI=1S/C12H15NO/c1-4-12(14)13(3)10(2)11-8-6-5-7-9-11/h4-10H,1H2,2-3H3/t10-/m1/s1. The fourth-order valence-electron chi connectivity index (χ4n) is 1.29. The number of hydrogen-bond acceptors (Lipinski definition) is 1. The quantitative estimate of drug-likeness (QED) is 0.668. The van der Waals surface area contributed by atoms with Crippen LogP contribution in [0.25, 0.3) is 0 Å². The van der Waals surface area contributed by atoms with E-state index in [-0.39, 0.29) is 11.9 Å². The molecule has 0 heterocycles.